The summed E-state index contributed by atoms with van der Waals surface area (Å²) in [7, 11) is 1.78. The van der Waals surface area contributed by atoms with Crippen LogP contribution in [0.1, 0.15) is 58.3 Å². The number of carbonyl (C=O) groups is 1. The van der Waals surface area contributed by atoms with Crippen molar-refractivity contribution in [2.24, 2.45) is 5.92 Å². The van der Waals surface area contributed by atoms with E-state index in [4.69, 9.17) is 4.74 Å². The molecule has 1 aliphatic heterocycles. The number of nitrogens with one attached hydrogen (secondary N) is 1. The predicted octanol–water partition coefficient (Wildman–Crippen LogP) is 2.28. The Morgan fingerprint density at radius 2 is 2.00 bits per heavy atom. The van der Waals surface area contributed by atoms with Gasteiger partial charge in [-0.15, -0.1) is 0 Å². The summed E-state index contributed by atoms with van der Waals surface area (Å²) in [5.74, 6) is 1.02. The van der Waals surface area contributed by atoms with E-state index in [-0.39, 0.29) is 6.04 Å². The minimum atomic E-state index is 0.0622. The number of ether oxygens (including phenoxy) is 1. The van der Waals surface area contributed by atoms with Crippen LogP contribution in [0.4, 0.5) is 0 Å². The molecule has 1 amide bonds. The molecule has 0 bridgehead atoms. The Bertz CT molecular complexity index is 348. The van der Waals surface area contributed by atoms with Crippen molar-refractivity contribution in [3.8, 4) is 0 Å². The quantitative estimate of drug-likeness (QED) is 0.840. The van der Waals surface area contributed by atoms with E-state index in [9.17, 15) is 4.79 Å². The van der Waals surface area contributed by atoms with Crippen LogP contribution in [-0.2, 0) is 9.53 Å². The summed E-state index contributed by atoms with van der Waals surface area (Å²) < 4.78 is 5.39. The molecule has 0 aromatic rings. The van der Waals surface area contributed by atoms with E-state index < -0.39 is 0 Å². The molecule has 0 radical (unpaired) electrons. The second-order valence-corrected chi connectivity index (χ2v) is 6.73. The highest BCUT2D eigenvalue weighted by Gasteiger charge is 2.48. The van der Waals surface area contributed by atoms with Gasteiger partial charge in [0.15, 0.2) is 0 Å². The highest BCUT2D eigenvalue weighted by atomic mass is 16.5. The number of nitrogens with zero attached hydrogens (tertiary/aromatic N) is 1. The normalized spacial score (nSPS) is 38.5. The lowest BCUT2D eigenvalue weighted by atomic mass is 9.86. The zero-order valence-corrected chi connectivity index (χ0v) is 12.8. The van der Waals surface area contributed by atoms with Gasteiger partial charge in [-0.1, -0.05) is 26.2 Å². The van der Waals surface area contributed by atoms with Crippen LogP contribution < -0.4 is 5.32 Å². The zero-order chi connectivity index (χ0) is 14.1. The van der Waals surface area contributed by atoms with Crippen LogP contribution in [0, 0.1) is 5.92 Å². The lowest BCUT2D eigenvalue weighted by molar-refractivity contribution is -0.138. The largest absolute Gasteiger partial charge is 0.381 e. The van der Waals surface area contributed by atoms with Crippen LogP contribution in [0.25, 0.3) is 0 Å². The summed E-state index contributed by atoms with van der Waals surface area (Å²) in [5.41, 5.74) is 0. The van der Waals surface area contributed by atoms with E-state index in [1.807, 2.05) is 0 Å². The van der Waals surface area contributed by atoms with Gasteiger partial charge in [-0.2, -0.15) is 0 Å². The van der Waals surface area contributed by atoms with Crippen LogP contribution in [0.2, 0.25) is 0 Å². The molecule has 2 atom stereocenters. The number of carbonyl (C=O) groups excluding carboxylic acids is 1. The third-order valence-corrected chi connectivity index (χ3v) is 5.44. The zero-order valence-electron chi connectivity index (χ0n) is 12.8. The Kier molecular flexibility index (Phi) is 4.32. The summed E-state index contributed by atoms with van der Waals surface area (Å²) in [4.78, 5) is 14.9. The van der Waals surface area contributed by atoms with Crippen molar-refractivity contribution >= 4 is 5.91 Å². The van der Waals surface area contributed by atoms with Gasteiger partial charge in [0.25, 0.3) is 0 Å². The fraction of sp³-hybridized carbons (Fsp3) is 0.938. The molecular weight excluding hydrogens is 252 g/mol. The van der Waals surface area contributed by atoms with Gasteiger partial charge in [-0.25, -0.2) is 0 Å². The molecule has 2 aliphatic carbocycles. The molecular formula is C16H28N2O2. The maximum Gasteiger partial charge on any atom is 0.241 e. The number of rotatable bonds is 5. The first-order valence-electron chi connectivity index (χ1n) is 8.35. The summed E-state index contributed by atoms with van der Waals surface area (Å²) in [5, 5.41) is 3.65. The Morgan fingerprint density at radius 1 is 1.30 bits per heavy atom. The topological polar surface area (TPSA) is 41.6 Å². The minimum Gasteiger partial charge on any atom is -0.381 e. The van der Waals surface area contributed by atoms with Gasteiger partial charge >= 0.3 is 0 Å². The molecule has 20 heavy (non-hydrogen) atoms. The number of hydrogen-bond acceptors (Lipinski definition) is 3. The van der Waals surface area contributed by atoms with Crippen molar-refractivity contribution in [2.45, 2.75) is 82.6 Å². The molecule has 1 heterocycles. The molecule has 3 rings (SSSR count). The molecule has 2 unspecified atom stereocenters. The van der Waals surface area contributed by atoms with Crippen LogP contribution in [0.5, 0.6) is 0 Å². The molecule has 0 spiro atoms. The van der Waals surface area contributed by atoms with Crippen molar-refractivity contribution in [2.75, 3.05) is 7.11 Å². The molecule has 1 N–H and O–H groups in total. The summed E-state index contributed by atoms with van der Waals surface area (Å²) in [6, 6.07) is 0.472. The average Bonchev–Trinajstić information content (AvgIpc) is 3.00. The highest BCUT2D eigenvalue weighted by molar-refractivity contribution is 5.84. The van der Waals surface area contributed by atoms with Gasteiger partial charge in [-0.3, -0.25) is 10.1 Å². The van der Waals surface area contributed by atoms with E-state index in [2.05, 4.69) is 17.1 Å². The monoisotopic (exact) mass is 280 g/mol. The van der Waals surface area contributed by atoms with E-state index in [1.54, 1.807) is 7.11 Å². The smallest absolute Gasteiger partial charge is 0.241 e. The van der Waals surface area contributed by atoms with Crippen LogP contribution in [-0.4, -0.2) is 42.3 Å². The number of amides is 1. The van der Waals surface area contributed by atoms with Crippen LogP contribution in [0.15, 0.2) is 0 Å². The first-order valence-corrected chi connectivity index (χ1v) is 8.35. The third-order valence-electron chi connectivity index (χ3n) is 5.44. The van der Waals surface area contributed by atoms with Crippen molar-refractivity contribution in [3.63, 3.8) is 0 Å². The van der Waals surface area contributed by atoms with E-state index >= 15 is 0 Å². The van der Waals surface area contributed by atoms with Crippen molar-refractivity contribution in [1.29, 1.82) is 0 Å². The van der Waals surface area contributed by atoms with Gasteiger partial charge in [0.2, 0.25) is 5.91 Å². The maximum atomic E-state index is 12.7. The fourth-order valence-electron chi connectivity index (χ4n) is 4.17. The maximum absolute atomic E-state index is 12.7. The molecule has 0 aromatic carbocycles. The van der Waals surface area contributed by atoms with Gasteiger partial charge in [0.1, 0.15) is 0 Å². The fourth-order valence-corrected chi connectivity index (χ4v) is 4.17. The van der Waals surface area contributed by atoms with Gasteiger partial charge in [0.05, 0.1) is 18.3 Å². The predicted molar refractivity (Wildman–Crippen MR) is 78.2 cm³/mol. The Balaban J connectivity index is 1.70. The van der Waals surface area contributed by atoms with Gasteiger partial charge in [-0.05, 0) is 38.0 Å². The molecule has 114 valence electrons. The summed E-state index contributed by atoms with van der Waals surface area (Å²) in [6.07, 6.45) is 9.95. The lowest BCUT2D eigenvalue weighted by Gasteiger charge is -2.44. The summed E-state index contributed by atoms with van der Waals surface area (Å²) in [6.45, 7) is 2.16. The highest BCUT2D eigenvalue weighted by Crippen LogP contribution is 2.38. The van der Waals surface area contributed by atoms with Gasteiger partial charge in [0, 0.05) is 13.2 Å². The first-order chi connectivity index (χ1) is 9.74. The van der Waals surface area contributed by atoms with Crippen molar-refractivity contribution in [1.82, 2.24) is 10.2 Å². The van der Waals surface area contributed by atoms with Crippen molar-refractivity contribution in [3.05, 3.63) is 0 Å². The van der Waals surface area contributed by atoms with Crippen molar-refractivity contribution < 1.29 is 9.53 Å². The molecule has 3 aliphatic rings. The Labute approximate surface area is 122 Å². The van der Waals surface area contributed by atoms with Gasteiger partial charge < -0.3 is 9.64 Å². The second-order valence-electron chi connectivity index (χ2n) is 6.73. The van der Waals surface area contributed by atoms with E-state index in [1.165, 1.54) is 25.7 Å². The van der Waals surface area contributed by atoms with E-state index in [0.29, 0.717) is 30.1 Å². The molecule has 3 fully saturated rings. The van der Waals surface area contributed by atoms with E-state index in [0.717, 1.165) is 25.7 Å². The molecule has 2 saturated carbocycles. The standard InChI is InChI=1S/C16H28N2O2/c1-3-6-14-16(19)18(12-9-13(10-12)20-2)15(17-14)11-7-4-5-8-11/h11-15,17H,3-10H2,1-2H3. The molecule has 1 saturated heterocycles. The van der Waals surface area contributed by atoms with Crippen LogP contribution in [0.3, 0.4) is 0 Å². The number of hydrogen-bond donors (Lipinski definition) is 1. The number of methoxy groups -OCH3 is 1. The average molecular weight is 280 g/mol. The molecule has 0 aromatic heterocycles. The Hall–Kier alpha value is -0.610. The first kappa shape index (κ1) is 14.3. The molecule has 4 heteroatoms. The second kappa shape index (κ2) is 6.02. The SMILES string of the molecule is CCCC1NC(C2CCCC2)N(C2CC(OC)C2)C1=O. The summed E-state index contributed by atoms with van der Waals surface area (Å²) >= 11 is 0. The third kappa shape index (κ3) is 2.48. The lowest BCUT2D eigenvalue weighted by Crippen LogP contribution is -2.54. The Morgan fingerprint density at radius 3 is 2.60 bits per heavy atom. The molecule has 4 nitrogen and oxygen atoms in total. The minimum absolute atomic E-state index is 0.0622. The van der Waals surface area contributed by atoms with Crippen LogP contribution >= 0.6 is 0 Å².